The third-order valence-corrected chi connectivity index (χ3v) is 4.91. The van der Waals surface area contributed by atoms with Gasteiger partial charge >= 0.3 is 0 Å². The van der Waals surface area contributed by atoms with Gasteiger partial charge in [-0.1, -0.05) is 15.9 Å². The van der Waals surface area contributed by atoms with E-state index in [0.29, 0.717) is 12.3 Å². The lowest BCUT2D eigenvalue weighted by molar-refractivity contribution is -0.116. The first-order valence-corrected chi connectivity index (χ1v) is 7.63. The van der Waals surface area contributed by atoms with Crippen LogP contribution in [0.25, 0.3) is 0 Å². The number of hydrogen-bond donors (Lipinski definition) is 2. The summed E-state index contributed by atoms with van der Waals surface area (Å²) in [5, 5.41) is 6.32. The molecular weight excluding hydrogens is 340 g/mol. The summed E-state index contributed by atoms with van der Waals surface area (Å²) < 4.78 is 1.11. The molecule has 1 amide bonds. The number of nitrogens with one attached hydrogen (secondary N) is 2. The molecule has 0 radical (unpaired) electrons. The average molecular weight is 362 g/mol. The Hall–Kier alpha value is -0.580. The van der Waals surface area contributed by atoms with Crippen LogP contribution in [0.2, 0.25) is 0 Å². The molecule has 0 saturated carbocycles. The van der Waals surface area contributed by atoms with Crippen LogP contribution in [0.4, 0.5) is 5.69 Å². The fourth-order valence-corrected chi connectivity index (χ4v) is 2.77. The van der Waals surface area contributed by atoms with Crippen LogP contribution in [0.5, 0.6) is 0 Å². The van der Waals surface area contributed by atoms with Gasteiger partial charge in [-0.15, -0.1) is 12.4 Å². The number of carbonyl (C=O) groups excluding carboxylic acids is 1. The molecule has 1 unspecified atom stereocenters. The molecule has 1 fully saturated rings. The van der Waals surface area contributed by atoms with Crippen molar-refractivity contribution in [2.24, 2.45) is 5.92 Å². The van der Waals surface area contributed by atoms with Crippen molar-refractivity contribution in [1.29, 1.82) is 0 Å². The lowest BCUT2D eigenvalue weighted by atomic mass is 10.0. The van der Waals surface area contributed by atoms with Gasteiger partial charge in [0.05, 0.1) is 0 Å². The first-order valence-electron chi connectivity index (χ1n) is 6.83. The number of aryl methyl sites for hydroxylation is 2. The van der Waals surface area contributed by atoms with Gasteiger partial charge in [-0.3, -0.25) is 4.79 Å². The van der Waals surface area contributed by atoms with E-state index < -0.39 is 0 Å². The summed E-state index contributed by atoms with van der Waals surface area (Å²) in [5.74, 6) is 0.784. The van der Waals surface area contributed by atoms with Gasteiger partial charge in [-0.2, -0.15) is 0 Å². The van der Waals surface area contributed by atoms with Gasteiger partial charge in [0, 0.05) is 16.6 Å². The first-order chi connectivity index (χ1) is 9.06. The predicted molar refractivity (Wildman–Crippen MR) is 89.7 cm³/mol. The van der Waals surface area contributed by atoms with Crippen molar-refractivity contribution in [2.45, 2.75) is 33.1 Å². The molecule has 1 aromatic carbocycles. The number of carbonyl (C=O) groups is 1. The van der Waals surface area contributed by atoms with E-state index in [0.717, 1.165) is 40.8 Å². The highest BCUT2D eigenvalue weighted by atomic mass is 79.9. The fourth-order valence-electron chi connectivity index (χ4n) is 2.54. The number of benzene rings is 1. The second kappa shape index (κ2) is 8.01. The molecule has 5 heteroatoms. The summed E-state index contributed by atoms with van der Waals surface area (Å²) in [5.41, 5.74) is 3.19. The van der Waals surface area contributed by atoms with Crippen molar-refractivity contribution in [1.82, 2.24) is 5.32 Å². The zero-order valence-corrected chi connectivity index (χ0v) is 14.4. The zero-order valence-electron chi connectivity index (χ0n) is 12.0. The Bertz CT molecular complexity index is 450. The number of amides is 1. The Balaban J connectivity index is 0.00000200. The highest BCUT2D eigenvalue weighted by molar-refractivity contribution is 9.10. The zero-order chi connectivity index (χ0) is 13.8. The number of halogens is 2. The maximum atomic E-state index is 11.9. The number of rotatable bonds is 4. The summed E-state index contributed by atoms with van der Waals surface area (Å²) in [6, 6.07) is 4.01. The minimum atomic E-state index is 0. The van der Waals surface area contributed by atoms with Crippen molar-refractivity contribution in [3.8, 4) is 0 Å². The largest absolute Gasteiger partial charge is 0.326 e. The van der Waals surface area contributed by atoms with Gasteiger partial charge < -0.3 is 10.6 Å². The Morgan fingerprint density at radius 2 is 2.05 bits per heavy atom. The van der Waals surface area contributed by atoms with E-state index in [1.54, 1.807) is 0 Å². The Morgan fingerprint density at radius 1 is 1.40 bits per heavy atom. The van der Waals surface area contributed by atoms with E-state index in [1.165, 1.54) is 6.42 Å². The van der Waals surface area contributed by atoms with Gasteiger partial charge in [0.15, 0.2) is 0 Å². The molecule has 20 heavy (non-hydrogen) atoms. The molecule has 1 saturated heterocycles. The van der Waals surface area contributed by atoms with Crippen LogP contribution >= 0.6 is 28.3 Å². The highest BCUT2D eigenvalue weighted by Crippen LogP contribution is 2.25. The minimum Gasteiger partial charge on any atom is -0.326 e. The molecule has 0 aromatic heterocycles. The molecule has 1 aliphatic heterocycles. The molecule has 3 nitrogen and oxygen atoms in total. The Labute approximate surface area is 135 Å². The minimum absolute atomic E-state index is 0. The van der Waals surface area contributed by atoms with Crippen molar-refractivity contribution in [3.05, 3.63) is 27.7 Å². The standard InChI is InChI=1S/C15H21BrN2O.ClH/c1-10-7-13(8-11(2)15(10)16)18-14(19)4-3-12-5-6-17-9-12;/h7-8,12,17H,3-6,9H2,1-2H3,(H,18,19);1H. The van der Waals surface area contributed by atoms with E-state index >= 15 is 0 Å². The third-order valence-electron chi connectivity index (χ3n) is 3.66. The van der Waals surface area contributed by atoms with Gasteiger partial charge in [0.2, 0.25) is 5.91 Å². The first kappa shape index (κ1) is 17.5. The number of hydrogen-bond acceptors (Lipinski definition) is 2. The molecule has 2 N–H and O–H groups in total. The monoisotopic (exact) mass is 360 g/mol. The fraction of sp³-hybridized carbons (Fsp3) is 0.533. The van der Waals surface area contributed by atoms with Crippen LogP contribution in [0, 0.1) is 19.8 Å². The molecule has 0 spiro atoms. The van der Waals surface area contributed by atoms with Crippen LogP contribution in [0.3, 0.4) is 0 Å². The van der Waals surface area contributed by atoms with Gasteiger partial charge in [0.1, 0.15) is 0 Å². The molecule has 1 atom stereocenters. The quantitative estimate of drug-likeness (QED) is 0.856. The van der Waals surface area contributed by atoms with Crippen LogP contribution in [0.1, 0.15) is 30.4 Å². The smallest absolute Gasteiger partial charge is 0.224 e. The molecule has 0 bridgehead atoms. The van der Waals surface area contributed by atoms with Crippen LogP contribution in [-0.2, 0) is 4.79 Å². The summed E-state index contributed by atoms with van der Waals surface area (Å²) in [7, 11) is 0. The molecule has 2 rings (SSSR count). The predicted octanol–water partition coefficient (Wildman–Crippen LogP) is 3.82. The van der Waals surface area contributed by atoms with Gasteiger partial charge in [-0.05, 0) is 69.0 Å². The molecule has 1 heterocycles. The molecule has 0 aliphatic carbocycles. The Morgan fingerprint density at radius 3 is 2.60 bits per heavy atom. The SMILES string of the molecule is Cc1cc(NC(=O)CCC2CCNC2)cc(C)c1Br.Cl. The van der Waals surface area contributed by atoms with E-state index in [2.05, 4.69) is 26.6 Å². The summed E-state index contributed by atoms with van der Waals surface area (Å²) in [6.07, 6.45) is 2.79. The van der Waals surface area contributed by atoms with E-state index in [-0.39, 0.29) is 18.3 Å². The van der Waals surface area contributed by atoms with E-state index in [1.807, 2.05) is 26.0 Å². The molecular formula is C15H22BrClN2O. The molecule has 112 valence electrons. The van der Waals surface area contributed by atoms with Crippen molar-refractivity contribution in [3.63, 3.8) is 0 Å². The van der Waals surface area contributed by atoms with Crippen molar-refractivity contribution < 1.29 is 4.79 Å². The van der Waals surface area contributed by atoms with Crippen molar-refractivity contribution >= 4 is 39.9 Å². The topological polar surface area (TPSA) is 41.1 Å². The molecule has 1 aliphatic rings. The normalized spacial score (nSPS) is 17.6. The summed E-state index contributed by atoms with van der Waals surface area (Å²) >= 11 is 3.54. The van der Waals surface area contributed by atoms with E-state index in [9.17, 15) is 4.79 Å². The maximum Gasteiger partial charge on any atom is 0.224 e. The van der Waals surface area contributed by atoms with Crippen LogP contribution < -0.4 is 10.6 Å². The van der Waals surface area contributed by atoms with Gasteiger partial charge in [-0.25, -0.2) is 0 Å². The maximum absolute atomic E-state index is 11.9. The van der Waals surface area contributed by atoms with E-state index in [4.69, 9.17) is 0 Å². The summed E-state index contributed by atoms with van der Waals surface area (Å²) in [4.78, 5) is 11.9. The summed E-state index contributed by atoms with van der Waals surface area (Å²) in [6.45, 7) is 6.23. The Kier molecular flexibility index (Phi) is 7.00. The lowest BCUT2D eigenvalue weighted by Gasteiger charge is -2.11. The number of anilines is 1. The highest BCUT2D eigenvalue weighted by Gasteiger charge is 2.15. The lowest BCUT2D eigenvalue weighted by Crippen LogP contribution is -2.15. The third kappa shape index (κ3) is 4.76. The second-order valence-electron chi connectivity index (χ2n) is 5.37. The molecule has 1 aromatic rings. The average Bonchev–Trinajstić information content (AvgIpc) is 2.86. The van der Waals surface area contributed by atoms with Gasteiger partial charge in [0.25, 0.3) is 0 Å². The van der Waals surface area contributed by atoms with Crippen LogP contribution in [0.15, 0.2) is 16.6 Å². The van der Waals surface area contributed by atoms with Crippen molar-refractivity contribution in [2.75, 3.05) is 18.4 Å². The van der Waals surface area contributed by atoms with Crippen LogP contribution in [-0.4, -0.2) is 19.0 Å². The second-order valence-corrected chi connectivity index (χ2v) is 6.16.